The first-order valence-electron chi connectivity index (χ1n) is 6.34. The summed E-state index contributed by atoms with van der Waals surface area (Å²) in [7, 11) is 0. The highest BCUT2D eigenvalue weighted by atomic mass is 16.5. The number of pyridine rings is 1. The Morgan fingerprint density at radius 3 is 2.74 bits per heavy atom. The molecule has 1 aliphatic rings. The van der Waals surface area contributed by atoms with Gasteiger partial charge in [-0.15, -0.1) is 0 Å². The molecule has 0 radical (unpaired) electrons. The largest absolute Gasteiger partial charge is 0.377 e. The maximum atomic E-state index is 12.6. The summed E-state index contributed by atoms with van der Waals surface area (Å²) in [6, 6.07) is 11.8. The zero-order chi connectivity index (χ0) is 13.5. The number of aromatic nitrogens is 1. The van der Waals surface area contributed by atoms with Gasteiger partial charge in [0, 0.05) is 12.1 Å². The average Bonchev–Trinajstić information content (AvgIpc) is 2.39. The molecule has 1 fully saturated rings. The molecular formula is C15H14N2O2. The van der Waals surface area contributed by atoms with E-state index in [4.69, 9.17) is 4.74 Å². The molecule has 4 nitrogen and oxygen atoms in total. The summed E-state index contributed by atoms with van der Waals surface area (Å²) in [6.45, 7) is 3.14. The van der Waals surface area contributed by atoms with Crippen molar-refractivity contribution in [3.8, 4) is 6.07 Å². The van der Waals surface area contributed by atoms with Gasteiger partial charge in [0.15, 0.2) is 0 Å². The molecule has 1 aliphatic heterocycles. The number of fused-ring (bicyclic) bond motifs is 1. The van der Waals surface area contributed by atoms with Gasteiger partial charge in [-0.2, -0.15) is 5.26 Å². The normalized spacial score (nSPS) is 16.8. The van der Waals surface area contributed by atoms with Crippen LogP contribution in [0.2, 0.25) is 0 Å². The minimum Gasteiger partial charge on any atom is -0.377 e. The third-order valence-corrected chi connectivity index (χ3v) is 3.75. The third kappa shape index (κ3) is 1.59. The maximum absolute atomic E-state index is 12.6. The van der Waals surface area contributed by atoms with E-state index in [1.165, 1.54) is 0 Å². The van der Waals surface area contributed by atoms with Crippen LogP contribution in [0.15, 0.2) is 35.1 Å². The van der Waals surface area contributed by atoms with Gasteiger partial charge in [-0.1, -0.05) is 18.2 Å². The molecule has 96 valence electrons. The Balaban J connectivity index is 2.36. The van der Waals surface area contributed by atoms with Crippen LogP contribution < -0.4 is 5.56 Å². The Bertz CT molecular complexity index is 736. The second-order valence-electron chi connectivity index (χ2n) is 4.85. The van der Waals surface area contributed by atoms with E-state index in [1.54, 1.807) is 4.57 Å². The van der Waals surface area contributed by atoms with Crippen molar-refractivity contribution in [2.45, 2.75) is 18.9 Å². The molecule has 0 atom stereocenters. The number of ether oxygens (including phenoxy) is 1. The average molecular weight is 254 g/mol. The van der Waals surface area contributed by atoms with Crippen LogP contribution in [0.4, 0.5) is 0 Å². The van der Waals surface area contributed by atoms with Crippen molar-refractivity contribution in [2.24, 2.45) is 0 Å². The van der Waals surface area contributed by atoms with E-state index in [0.29, 0.717) is 25.3 Å². The predicted molar refractivity (Wildman–Crippen MR) is 72.0 cm³/mol. The molecule has 0 amide bonds. The summed E-state index contributed by atoms with van der Waals surface area (Å²) in [5.74, 6) is 0. The zero-order valence-electron chi connectivity index (χ0n) is 10.7. The van der Waals surface area contributed by atoms with Crippen LogP contribution in [0.1, 0.15) is 12.5 Å². The lowest BCUT2D eigenvalue weighted by Crippen LogP contribution is -2.49. The molecule has 2 heterocycles. The first kappa shape index (κ1) is 11.9. The van der Waals surface area contributed by atoms with Crippen molar-refractivity contribution in [2.75, 3.05) is 13.2 Å². The van der Waals surface area contributed by atoms with Crippen LogP contribution in [-0.2, 0) is 16.7 Å². The number of hydrogen-bond acceptors (Lipinski definition) is 3. The number of hydrogen-bond donors (Lipinski definition) is 0. The molecule has 3 rings (SSSR count). The van der Waals surface area contributed by atoms with Crippen LogP contribution >= 0.6 is 0 Å². The fraction of sp³-hybridized carbons (Fsp3) is 0.333. The summed E-state index contributed by atoms with van der Waals surface area (Å²) in [6.07, 6.45) is 0. The highest BCUT2D eigenvalue weighted by Crippen LogP contribution is 2.31. The van der Waals surface area contributed by atoms with Gasteiger partial charge in [-0.05, 0) is 24.4 Å². The lowest BCUT2D eigenvalue weighted by molar-refractivity contribution is -0.0305. The van der Waals surface area contributed by atoms with Gasteiger partial charge in [-0.25, -0.2) is 0 Å². The Morgan fingerprint density at radius 2 is 2.16 bits per heavy atom. The van der Waals surface area contributed by atoms with Crippen molar-refractivity contribution < 1.29 is 4.74 Å². The van der Waals surface area contributed by atoms with Gasteiger partial charge in [0.25, 0.3) is 5.56 Å². The Morgan fingerprint density at radius 1 is 1.42 bits per heavy atom. The molecule has 2 aromatic rings. The van der Waals surface area contributed by atoms with Crippen molar-refractivity contribution >= 4 is 10.9 Å². The van der Waals surface area contributed by atoms with Gasteiger partial charge in [0.05, 0.1) is 24.8 Å². The minimum atomic E-state index is -0.766. The number of aryl methyl sites for hydroxylation is 1. The SMILES string of the molecule is CCn1c(=O)c(C2(C#N)COC2)cc2ccccc21. The van der Waals surface area contributed by atoms with Crippen molar-refractivity contribution in [3.05, 3.63) is 46.2 Å². The molecule has 0 N–H and O–H groups in total. The zero-order valence-corrected chi connectivity index (χ0v) is 10.7. The van der Waals surface area contributed by atoms with Crippen molar-refractivity contribution in [1.82, 2.24) is 4.57 Å². The van der Waals surface area contributed by atoms with Crippen molar-refractivity contribution in [1.29, 1.82) is 5.26 Å². The smallest absolute Gasteiger partial charge is 0.256 e. The van der Waals surface area contributed by atoms with Gasteiger partial charge >= 0.3 is 0 Å². The van der Waals surface area contributed by atoms with Crippen LogP contribution in [0.25, 0.3) is 10.9 Å². The van der Waals surface area contributed by atoms with Crippen molar-refractivity contribution in [3.63, 3.8) is 0 Å². The molecule has 0 spiro atoms. The quantitative estimate of drug-likeness (QED) is 0.821. The van der Waals surface area contributed by atoms with E-state index in [9.17, 15) is 10.1 Å². The van der Waals surface area contributed by atoms with E-state index >= 15 is 0 Å². The third-order valence-electron chi connectivity index (χ3n) is 3.75. The molecular weight excluding hydrogens is 240 g/mol. The molecule has 19 heavy (non-hydrogen) atoms. The molecule has 1 saturated heterocycles. The van der Waals surface area contributed by atoms with Crippen LogP contribution in [0, 0.1) is 11.3 Å². The van der Waals surface area contributed by atoms with Gasteiger partial charge in [0.2, 0.25) is 0 Å². The second kappa shape index (κ2) is 4.22. The first-order chi connectivity index (χ1) is 9.22. The molecule has 0 bridgehead atoms. The second-order valence-corrected chi connectivity index (χ2v) is 4.85. The molecule has 0 unspecified atom stereocenters. The standard InChI is InChI=1S/C15H14N2O2/c1-2-17-13-6-4-3-5-11(13)7-12(14(17)18)15(8-16)9-19-10-15/h3-7H,2,9-10H2,1H3. The molecule has 0 saturated carbocycles. The van der Waals surface area contributed by atoms with E-state index in [0.717, 1.165) is 10.9 Å². The molecule has 1 aromatic heterocycles. The van der Waals surface area contributed by atoms with Crippen LogP contribution in [-0.4, -0.2) is 17.8 Å². The summed E-state index contributed by atoms with van der Waals surface area (Å²) in [4.78, 5) is 12.6. The number of benzene rings is 1. The number of para-hydroxylation sites is 1. The van der Waals surface area contributed by atoms with E-state index in [1.807, 2.05) is 37.3 Å². The van der Waals surface area contributed by atoms with Gasteiger partial charge in [0.1, 0.15) is 5.41 Å². The minimum absolute atomic E-state index is 0.0777. The summed E-state index contributed by atoms with van der Waals surface area (Å²) >= 11 is 0. The van der Waals surface area contributed by atoms with E-state index in [-0.39, 0.29) is 5.56 Å². The molecule has 4 heteroatoms. The Labute approximate surface area is 110 Å². The fourth-order valence-corrected chi connectivity index (χ4v) is 2.57. The highest BCUT2D eigenvalue weighted by molar-refractivity contribution is 5.80. The van der Waals surface area contributed by atoms with Gasteiger partial charge in [-0.3, -0.25) is 4.79 Å². The summed E-state index contributed by atoms with van der Waals surface area (Å²) in [5.41, 5.74) is 0.623. The van der Waals surface area contributed by atoms with Gasteiger partial charge < -0.3 is 9.30 Å². The topological polar surface area (TPSA) is 55.0 Å². The predicted octanol–water partition coefficient (Wildman–Crippen LogP) is 1.81. The van der Waals surface area contributed by atoms with Crippen LogP contribution in [0.5, 0.6) is 0 Å². The summed E-state index contributed by atoms with van der Waals surface area (Å²) in [5, 5.41) is 10.4. The Hall–Kier alpha value is -2.12. The monoisotopic (exact) mass is 254 g/mol. The maximum Gasteiger partial charge on any atom is 0.256 e. The van der Waals surface area contributed by atoms with Crippen LogP contribution in [0.3, 0.4) is 0 Å². The number of nitriles is 1. The van der Waals surface area contributed by atoms with E-state index < -0.39 is 5.41 Å². The number of rotatable bonds is 2. The highest BCUT2D eigenvalue weighted by Gasteiger charge is 2.43. The first-order valence-corrected chi connectivity index (χ1v) is 6.34. The number of nitrogens with zero attached hydrogens (tertiary/aromatic N) is 2. The summed E-state index contributed by atoms with van der Waals surface area (Å²) < 4.78 is 6.88. The van der Waals surface area contributed by atoms with E-state index in [2.05, 4.69) is 6.07 Å². The Kier molecular flexibility index (Phi) is 2.65. The molecule has 0 aliphatic carbocycles. The lowest BCUT2D eigenvalue weighted by Gasteiger charge is -2.35. The fourth-order valence-electron chi connectivity index (χ4n) is 2.57. The molecule has 1 aromatic carbocycles. The lowest BCUT2D eigenvalue weighted by atomic mass is 9.80.